The van der Waals surface area contributed by atoms with Gasteiger partial charge in [-0.1, -0.05) is 45.4 Å². The van der Waals surface area contributed by atoms with Crippen molar-refractivity contribution in [2.75, 3.05) is 12.5 Å². The van der Waals surface area contributed by atoms with E-state index in [1.807, 2.05) is 6.92 Å². The SMILES string of the molecule is CCCCCC(C)OC(=O)CCC(=O)OCCCCCCCCCl. The average Bonchev–Trinajstić information content (AvgIpc) is 2.55. The molecule has 0 spiro atoms. The first-order chi connectivity index (χ1) is 11.6. The van der Waals surface area contributed by atoms with Gasteiger partial charge >= 0.3 is 11.9 Å². The van der Waals surface area contributed by atoms with Crippen molar-refractivity contribution in [3.8, 4) is 0 Å². The van der Waals surface area contributed by atoms with Gasteiger partial charge in [-0.05, 0) is 32.6 Å². The summed E-state index contributed by atoms with van der Waals surface area (Å²) >= 11 is 5.62. The average molecular weight is 363 g/mol. The van der Waals surface area contributed by atoms with Crippen LogP contribution in [0.15, 0.2) is 0 Å². The Kier molecular flexibility index (Phi) is 16.5. The smallest absolute Gasteiger partial charge is 0.306 e. The second-order valence-corrected chi connectivity index (χ2v) is 6.70. The van der Waals surface area contributed by atoms with Crippen LogP contribution >= 0.6 is 11.6 Å². The summed E-state index contributed by atoms with van der Waals surface area (Å²) in [6.45, 7) is 4.49. The van der Waals surface area contributed by atoms with E-state index in [-0.39, 0.29) is 30.9 Å². The van der Waals surface area contributed by atoms with E-state index in [9.17, 15) is 9.59 Å². The van der Waals surface area contributed by atoms with Crippen molar-refractivity contribution in [3.05, 3.63) is 0 Å². The van der Waals surface area contributed by atoms with E-state index in [1.54, 1.807) is 0 Å². The molecule has 0 bridgehead atoms. The summed E-state index contributed by atoms with van der Waals surface area (Å²) in [6.07, 6.45) is 10.9. The molecule has 1 atom stereocenters. The van der Waals surface area contributed by atoms with Crippen LogP contribution in [0.1, 0.15) is 90.9 Å². The van der Waals surface area contributed by atoms with E-state index in [0.29, 0.717) is 6.61 Å². The van der Waals surface area contributed by atoms with Crippen molar-refractivity contribution in [1.29, 1.82) is 0 Å². The molecular formula is C19H35ClO4. The van der Waals surface area contributed by atoms with Gasteiger partial charge in [0.1, 0.15) is 0 Å². The van der Waals surface area contributed by atoms with Crippen LogP contribution in [-0.2, 0) is 19.1 Å². The molecule has 1 unspecified atom stereocenters. The maximum Gasteiger partial charge on any atom is 0.306 e. The molecule has 0 aromatic heterocycles. The minimum absolute atomic E-state index is 0.0705. The van der Waals surface area contributed by atoms with Crippen LogP contribution in [0.4, 0.5) is 0 Å². The summed E-state index contributed by atoms with van der Waals surface area (Å²) in [4.78, 5) is 23.2. The fourth-order valence-corrected chi connectivity index (χ4v) is 2.58. The van der Waals surface area contributed by atoms with Crippen molar-refractivity contribution in [2.24, 2.45) is 0 Å². The third-order valence-electron chi connectivity index (χ3n) is 3.87. The molecule has 0 N–H and O–H groups in total. The number of hydrogen-bond donors (Lipinski definition) is 0. The zero-order valence-electron chi connectivity index (χ0n) is 15.5. The molecule has 0 heterocycles. The molecule has 4 nitrogen and oxygen atoms in total. The summed E-state index contributed by atoms with van der Waals surface area (Å²) < 4.78 is 10.4. The lowest BCUT2D eigenvalue weighted by molar-refractivity contribution is -0.153. The van der Waals surface area contributed by atoms with Gasteiger partial charge in [0.05, 0.1) is 25.6 Å². The maximum absolute atomic E-state index is 11.7. The fourth-order valence-electron chi connectivity index (χ4n) is 2.39. The van der Waals surface area contributed by atoms with Crippen molar-refractivity contribution < 1.29 is 19.1 Å². The van der Waals surface area contributed by atoms with Crippen molar-refractivity contribution >= 4 is 23.5 Å². The number of halogens is 1. The van der Waals surface area contributed by atoms with Gasteiger partial charge in [-0.3, -0.25) is 9.59 Å². The van der Waals surface area contributed by atoms with Crippen LogP contribution in [0.2, 0.25) is 0 Å². The number of unbranched alkanes of at least 4 members (excludes halogenated alkanes) is 7. The summed E-state index contributed by atoms with van der Waals surface area (Å²) in [7, 11) is 0. The molecule has 0 fully saturated rings. The lowest BCUT2D eigenvalue weighted by Gasteiger charge is -2.12. The largest absolute Gasteiger partial charge is 0.466 e. The van der Waals surface area contributed by atoms with Crippen LogP contribution < -0.4 is 0 Å². The number of esters is 2. The normalized spacial score (nSPS) is 12.0. The Labute approximate surface area is 152 Å². The van der Waals surface area contributed by atoms with Gasteiger partial charge in [0.15, 0.2) is 0 Å². The van der Waals surface area contributed by atoms with Gasteiger partial charge in [-0.2, -0.15) is 0 Å². The molecule has 0 aromatic carbocycles. The zero-order valence-corrected chi connectivity index (χ0v) is 16.2. The molecule has 0 rings (SSSR count). The molecule has 0 aliphatic carbocycles. The standard InChI is InChI=1S/C19H35ClO4/c1-3-4-9-12-17(2)24-19(22)14-13-18(21)23-16-11-8-6-5-7-10-15-20/h17H,3-16H2,1-2H3. The number of ether oxygens (including phenoxy) is 2. The van der Waals surface area contributed by atoms with E-state index in [4.69, 9.17) is 21.1 Å². The first kappa shape index (κ1) is 23.2. The van der Waals surface area contributed by atoms with Gasteiger partial charge in [0.25, 0.3) is 0 Å². The fraction of sp³-hybridized carbons (Fsp3) is 0.895. The Morgan fingerprint density at radius 2 is 1.50 bits per heavy atom. The Hall–Kier alpha value is -0.770. The third-order valence-corrected chi connectivity index (χ3v) is 4.14. The molecule has 0 radical (unpaired) electrons. The number of alkyl halides is 1. The molecule has 0 aliphatic heterocycles. The van der Waals surface area contributed by atoms with Gasteiger partial charge in [-0.15, -0.1) is 11.6 Å². The second kappa shape index (κ2) is 17.1. The number of carbonyl (C=O) groups is 2. The van der Waals surface area contributed by atoms with E-state index < -0.39 is 0 Å². The Morgan fingerprint density at radius 3 is 2.17 bits per heavy atom. The highest BCUT2D eigenvalue weighted by Crippen LogP contribution is 2.09. The number of carbonyl (C=O) groups excluding carboxylic acids is 2. The van der Waals surface area contributed by atoms with Gasteiger partial charge in [0.2, 0.25) is 0 Å². The molecule has 0 aliphatic rings. The van der Waals surface area contributed by atoms with Crippen molar-refractivity contribution in [1.82, 2.24) is 0 Å². The zero-order chi connectivity index (χ0) is 18.0. The van der Waals surface area contributed by atoms with Gasteiger partial charge in [-0.25, -0.2) is 0 Å². The minimum Gasteiger partial charge on any atom is -0.466 e. The van der Waals surface area contributed by atoms with E-state index in [2.05, 4.69) is 6.92 Å². The third kappa shape index (κ3) is 16.1. The number of hydrogen-bond acceptors (Lipinski definition) is 4. The Bertz CT molecular complexity index is 320. The van der Waals surface area contributed by atoms with Crippen molar-refractivity contribution in [2.45, 2.75) is 97.0 Å². The summed E-state index contributed by atoms with van der Waals surface area (Å²) in [5.74, 6) is 0.111. The summed E-state index contributed by atoms with van der Waals surface area (Å²) in [5, 5.41) is 0. The van der Waals surface area contributed by atoms with Crippen LogP contribution in [0.5, 0.6) is 0 Å². The first-order valence-electron chi connectivity index (χ1n) is 9.51. The molecule has 0 saturated carbocycles. The Balaban J connectivity index is 3.49. The van der Waals surface area contributed by atoms with Crippen LogP contribution in [-0.4, -0.2) is 30.5 Å². The predicted octanol–water partition coefficient (Wildman–Crippen LogP) is 5.40. The topological polar surface area (TPSA) is 52.6 Å². The molecule has 142 valence electrons. The molecule has 5 heteroatoms. The highest BCUT2D eigenvalue weighted by molar-refractivity contribution is 6.17. The maximum atomic E-state index is 11.7. The molecular weight excluding hydrogens is 328 g/mol. The van der Waals surface area contributed by atoms with Crippen LogP contribution in [0, 0.1) is 0 Å². The van der Waals surface area contributed by atoms with E-state index >= 15 is 0 Å². The van der Waals surface area contributed by atoms with Crippen molar-refractivity contribution in [3.63, 3.8) is 0 Å². The van der Waals surface area contributed by atoms with Crippen LogP contribution in [0.25, 0.3) is 0 Å². The monoisotopic (exact) mass is 362 g/mol. The number of rotatable bonds is 16. The molecule has 0 amide bonds. The summed E-state index contributed by atoms with van der Waals surface area (Å²) in [6, 6.07) is 0. The Morgan fingerprint density at radius 1 is 0.875 bits per heavy atom. The lowest BCUT2D eigenvalue weighted by atomic mass is 10.1. The summed E-state index contributed by atoms with van der Waals surface area (Å²) in [5.41, 5.74) is 0. The molecule has 0 saturated heterocycles. The molecule has 24 heavy (non-hydrogen) atoms. The molecule has 0 aromatic rings. The van der Waals surface area contributed by atoms with E-state index in [1.165, 1.54) is 12.8 Å². The van der Waals surface area contributed by atoms with Gasteiger partial charge < -0.3 is 9.47 Å². The predicted molar refractivity (Wildman–Crippen MR) is 98.3 cm³/mol. The first-order valence-corrected chi connectivity index (χ1v) is 10.0. The second-order valence-electron chi connectivity index (χ2n) is 6.33. The highest BCUT2D eigenvalue weighted by Gasteiger charge is 2.12. The minimum atomic E-state index is -0.312. The lowest BCUT2D eigenvalue weighted by Crippen LogP contribution is -2.16. The van der Waals surface area contributed by atoms with E-state index in [0.717, 1.165) is 57.2 Å². The van der Waals surface area contributed by atoms with Crippen LogP contribution in [0.3, 0.4) is 0 Å². The van der Waals surface area contributed by atoms with Gasteiger partial charge in [0, 0.05) is 5.88 Å². The quantitative estimate of drug-likeness (QED) is 0.209. The highest BCUT2D eigenvalue weighted by atomic mass is 35.5.